The number of rotatable bonds is 3. The van der Waals surface area contributed by atoms with E-state index in [1.165, 1.54) is 38.1 Å². The van der Waals surface area contributed by atoms with E-state index in [9.17, 15) is 13.3 Å². The minimum Gasteiger partial charge on any atom is -0.181 e. The highest BCUT2D eigenvalue weighted by Crippen LogP contribution is 2.33. The Labute approximate surface area is 81.1 Å². The summed E-state index contributed by atoms with van der Waals surface area (Å²) < 4.78 is 39.8. The molecule has 0 amide bonds. The summed E-state index contributed by atoms with van der Waals surface area (Å²) in [7, 11) is 0. The first-order valence-corrected chi connectivity index (χ1v) is 4.34. The summed E-state index contributed by atoms with van der Waals surface area (Å²) in [6, 6.07) is 2.51. The van der Waals surface area contributed by atoms with E-state index in [4.69, 9.17) is 0 Å². The lowest BCUT2D eigenvalue weighted by atomic mass is 10.2. The van der Waals surface area contributed by atoms with Gasteiger partial charge < -0.3 is 0 Å². The molecule has 0 heterocycles. The SMILES string of the molecule is CC(C)N(F)C(F)(F)c1ccccc1. The maximum atomic E-state index is 13.4. The summed E-state index contributed by atoms with van der Waals surface area (Å²) >= 11 is 0. The van der Waals surface area contributed by atoms with Gasteiger partial charge in [-0.15, -0.1) is 4.48 Å². The number of halogens is 3. The van der Waals surface area contributed by atoms with Crippen LogP contribution in [0.2, 0.25) is 0 Å². The molecule has 0 aliphatic rings. The molecule has 0 radical (unpaired) electrons. The van der Waals surface area contributed by atoms with E-state index < -0.39 is 17.2 Å². The number of alkyl halides is 2. The van der Waals surface area contributed by atoms with Crippen molar-refractivity contribution in [1.82, 2.24) is 5.12 Å². The van der Waals surface area contributed by atoms with E-state index in [0.717, 1.165) is 0 Å². The number of nitrogens with zero attached hydrogens (tertiary/aromatic N) is 1. The van der Waals surface area contributed by atoms with Crippen LogP contribution in [0.4, 0.5) is 13.3 Å². The standard InChI is InChI=1S/C10H12F3N/c1-8(2)14(13)10(11,12)9-6-4-3-5-7-9/h3-8H,1-2H3. The monoisotopic (exact) mass is 203 g/mol. The fraction of sp³-hybridized carbons (Fsp3) is 0.400. The van der Waals surface area contributed by atoms with Crippen molar-refractivity contribution in [2.45, 2.75) is 25.9 Å². The van der Waals surface area contributed by atoms with Crippen LogP contribution in [-0.2, 0) is 6.05 Å². The topological polar surface area (TPSA) is 3.24 Å². The fourth-order valence-corrected chi connectivity index (χ4v) is 1.09. The average Bonchev–Trinajstić information content (AvgIpc) is 2.18. The summed E-state index contributed by atoms with van der Waals surface area (Å²) in [6.45, 7) is 2.74. The van der Waals surface area contributed by atoms with Gasteiger partial charge in [0.2, 0.25) is 0 Å². The van der Waals surface area contributed by atoms with E-state index in [-0.39, 0.29) is 5.56 Å². The molecule has 1 nitrogen and oxygen atoms in total. The van der Waals surface area contributed by atoms with Crippen molar-refractivity contribution >= 4 is 0 Å². The van der Waals surface area contributed by atoms with Crippen LogP contribution in [0.5, 0.6) is 0 Å². The summed E-state index contributed by atoms with van der Waals surface area (Å²) in [5.74, 6) is 0. The Balaban J connectivity index is 2.96. The molecule has 0 N–H and O–H groups in total. The summed E-state index contributed by atoms with van der Waals surface area (Å²) in [5.41, 5.74) is -0.337. The van der Waals surface area contributed by atoms with Gasteiger partial charge in [-0.2, -0.15) is 8.78 Å². The second-order valence-corrected chi connectivity index (χ2v) is 3.31. The predicted molar refractivity (Wildman–Crippen MR) is 48.4 cm³/mol. The highest BCUT2D eigenvalue weighted by Gasteiger charge is 2.41. The molecule has 0 unspecified atom stereocenters. The van der Waals surface area contributed by atoms with Gasteiger partial charge in [-0.3, -0.25) is 0 Å². The van der Waals surface area contributed by atoms with Crippen molar-refractivity contribution in [2.75, 3.05) is 0 Å². The van der Waals surface area contributed by atoms with Crippen molar-refractivity contribution in [3.8, 4) is 0 Å². The number of hydrogen-bond acceptors (Lipinski definition) is 1. The van der Waals surface area contributed by atoms with Crippen LogP contribution >= 0.6 is 0 Å². The normalized spacial score (nSPS) is 12.5. The van der Waals surface area contributed by atoms with Crippen LogP contribution in [0, 0.1) is 0 Å². The van der Waals surface area contributed by atoms with Crippen LogP contribution in [0.1, 0.15) is 19.4 Å². The summed E-state index contributed by atoms with van der Waals surface area (Å²) in [6.07, 6.45) is 0. The lowest BCUT2D eigenvalue weighted by Gasteiger charge is -2.26. The molecule has 0 fully saturated rings. The van der Waals surface area contributed by atoms with Crippen molar-refractivity contribution in [2.24, 2.45) is 0 Å². The summed E-state index contributed by atoms with van der Waals surface area (Å²) in [5, 5.41) is -0.442. The van der Waals surface area contributed by atoms with Gasteiger partial charge in [-0.25, -0.2) is 0 Å². The maximum Gasteiger partial charge on any atom is 0.356 e. The van der Waals surface area contributed by atoms with Gasteiger partial charge in [0.15, 0.2) is 0 Å². The lowest BCUT2D eigenvalue weighted by Crippen LogP contribution is -2.37. The molecule has 1 rings (SSSR count). The van der Waals surface area contributed by atoms with Crippen LogP contribution in [0.3, 0.4) is 0 Å². The van der Waals surface area contributed by atoms with Crippen LogP contribution in [0.15, 0.2) is 30.3 Å². The molecule has 1 aromatic carbocycles. The average molecular weight is 203 g/mol. The molecule has 0 spiro atoms. The van der Waals surface area contributed by atoms with E-state index in [0.29, 0.717) is 0 Å². The van der Waals surface area contributed by atoms with Crippen LogP contribution < -0.4 is 0 Å². The Kier molecular flexibility index (Phi) is 3.16. The lowest BCUT2D eigenvalue weighted by molar-refractivity contribution is -0.259. The van der Waals surface area contributed by atoms with Gasteiger partial charge in [0.05, 0.1) is 0 Å². The maximum absolute atomic E-state index is 13.4. The van der Waals surface area contributed by atoms with E-state index in [1.807, 2.05) is 0 Å². The molecule has 0 saturated carbocycles. The fourth-order valence-electron chi connectivity index (χ4n) is 1.09. The Hall–Kier alpha value is -1.03. The Morgan fingerprint density at radius 1 is 1.14 bits per heavy atom. The van der Waals surface area contributed by atoms with Crippen molar-refractivity contribution in [3.63, 3.8) is 0 Å². The van der Waals surface area contributed by atoms with E-state index >= 15 is 0 Å². The second-order valence-electron chi connectivity index (χ2n) is 3.31. The number of benzene rings is 1. The molecule has 78 valence electrons. The Morgan fingerprint density at radius 2 is 1.64 bits per heavy atom. The molecular formula is C10H12F3N. The zero-order valence-corrected chi connectivity index (χ0v) is 8.05. The zero-order chi connectivity index (χ0) is 10.8. The minimum absolute atomic E-state index is 0.337. The predicted octanol–water partition coefficient (Wildman–Crippen LogP) is 3.33. The van der Waals surface area contributed by atoms with Gasteiger partial charge in [0.1, 0.15) is 0 Å². The first-order valence-electron chi connectivity index (χ1n) is 4.34. The van der Waals surface area contributed by atoms with Crippen molar-refractivity contribution in [3.05, 3.63) is 35.9 Å². The second kappa shape index (κ2) is 4.00. The molecule has 0 bridgehead atoms. The zero-order valence-electron chi connectivity index (χ0n) is 8.05. The first-order chi connectivity index (χ1) is 6.46. The quantitative estimate of drug-likeness (QED) is 0.538. The first kappa shape index (κ1) is 11.0. The highest BCUT2D eigenvalue weighted by atomic mass is 19.3. The highest BCUT2D eigenvalue weighted by molar-refractivity contribution is 5.19. The summed E-state index contributed by atoms with van der Waals surface area (Å²) in [4.78, 5) is 0. The third kappa shape index (κ3) is 2.07. The van der Waals surface area contributed by atoms with Crippen molar-refractivity contribution in [1.29, 1.82) is 0 Å². The van der Waals surface area contributed by atoms with E-state index in [2.05, 4.69) is 0 Å². The molecule has 0 atom stereocenters. The van der Waals surface area contributed by atoms with Gasteiger partial charge in [-0.1, -0.05) is 35.5 Å². The third-order valence-corrected chi connectivity index (χ3v) is 1.84. The van der Waals surface area contributed by atoms with Crippen molar-refractivity contribution < 1.29 is 13.3 Å². The van der Waals surface area contributed by atoms with Gasteiger partial charge in [0.25, 0.3) is 0 Å². The van der Waals surface area contributed by atoms with Gasteiger partial charge >= 0.3 is 6.05 Å². The largest absolute Gasteiger partial charge is 0.356 e. The third-order valence-electron chi connectivity index (χ3n) is 1.84. The minimum atomic E-state index is -3.56. The number of hydrogen-bond donors (Lipinski definition) is 0. The molecular weight excluding hydrogens is 191 g/mol. The molecule has 0 aliphatic carbocycles. The van der Waals surface area contributed by atoms with Gasteiger partial charge in [-0.05, 0) is 13.8 Å². The molecule has 0 saturated heterocycles. The van der Waals surface area contributed by atoms with Gasteiger partial charge in [0, 0.05) is 11.6 Å². The molecule has 14 heavy (non-hydrogen) atoms. The van der Waals surface area contributed by atoms with Crippen LogP contribution in [-0.4, -0.2) is 11.2 Å². The van der Waals surface area contributed by atoms with E-state index in [1.54, 1.807) is 6.07 Å². The molecule has 0 aromatic heterocycles. The Morgan fingerprint density at radius 3 is 2.07 bits per heavy atom. The molecule has 0 aliphatic heterocycles. The smallest absolute Gasteiger partial charge is 0.181 e. The molecule has 1 aromatic rings. The molecule has 4 heteroatoms. The van der Waals surface area contributed by atoms with Crippen LogP contribution in [0.25, 0.3) is 0 Å². The Bertz CT molecular complexity index is 285.